The van der Waals surface area contributed by atoms with E-state index in [-0.39, 0.29) is 24.1 Å². The number of carbonyl (C=O) groups excluding carboxylic acids is 2. The number of anilines is 2. The molecule has 176 valence electrons. The molecule has 0 aromatic heterocycles. The maximum atomic E-state index is 13.5. The average Bonchev–Trinajstić information content (AvgIpc) is 2.81. The zero-order valence-corrected chi connectivity index (χ0v) is 19.6. The maximum Gasteiger partial charge on any atom is 0.256 e. The van der Waals surface area contributed by atoms with Crippen LogP contribution in [0.15, 0.2) is 42.5 Å². The van der Waals surface area contributed by atoms with Gasteiger partial charge in [-0.15, -0.1) is 0 Å². The molecule has 2 aliphatic rings. The third-order valence-electron chi connectivity index (χ3n) is 6.98. The Kier molecular flexibility index (Phi) is 7.31. The molecule has 2 aromatic carbocycles. The summed E-state index contributed by atoms with van der Waals surface area (Å²) in [6, 6.07) is 11.6. The van der Waals surface area contributed by atoms with Crippen molar-refractivity contribution < 1.29 is 14.0 Å². The van der Waals surface area contributed by atoms with Crippen LogP contribution in [-0.4, -0.2) is 42.9 Å². The minimum absolute atomic E-state index is 0.0464. The molecule has 33 heavy (non-hydrogen) atoms. The largest absolute Gasteiger partial charge is 0.371 e. The van der Waals surface area contributed by atoms with Crippen LogP contribution in [0.2, 0.25) is 0 Å². The minimum atomic E-state index is -0.322. The Balaban J connectivity index is 1.54. The molecule has 0 radical (unpaired) electrons. The van der Waals surface area contributed by atoms with Gasteiger partial charge in [-0.05, 0) is 73.4 Å². The van der Waals surface area contributed by atoms with E-state index >= 15 is 0 Å². The second-order valence-electron chi connectivity index (χ2n) is 9.73. The van der Waals surface area contributed by atoms with Gasteiger partial charge in [-0.25, -0.2) is 4.39 Å². The van der Waals surface area contributed by atoms with Crippen LogP contribution >= 0.6 is 0 Å². The molecule has 1 N–H and O–H groups in total. The first-order chi connectivity index (χ1) is 15.9. The van der Waals surface area contributed by atoms with E-state index in [0.29, 0.717) is 23.1 Å². The topological polar surface area (TPSA) is 52.7 Å². The fourth-order valence-corrected chi connectivity index (χ4v) is 4.69. The van der Waals surface area contributed by atoms with Crippen LogP contribution in [0.25, 0.3) is 0 Å². The number of amides is 2. The molecule has 0 saturated carbocycles. The van der Waals surface area contributed by atoms with Gasteiger partial charge in [-0.1, -0.05) is 26.0 Å². The quantitative estimate of drug-likeness (QED) is 0.687. The van der Waals surface area contributed by atoms with E-state index in [4.69, 9.17) is 0 Å². The normalized spacial score (nSPS) is 17.8. The number of benzene rings is 2. The lowest BCUT2D eigenvalue weighted by Gasteiger charge is -2.35. The number of nitrogens with zero attached hydrogens (tertiary/aromatic N) is 2. The number of rotatable bonds is 5. The average molecular weight is 452 g/mol. The van der Waals surface area contributed by atoms with Gasteiger partial charge in [0, 0.05) is 37.6 Å². The van der Waals surface area contributed by atoms with Crippen LogP contribution in [-0.2, 0) is 11.2 Å². The van der Waals surface area contributed by atoms with Gasteiger partial charge in [0.05, 0.1) is 12.0 Å². The molecule has 0 spiro atoms. The van der Waals surface area contributed by atoms with Crippen LogP contribution in [0.5, 0.6) is 0 Å². The van der Waals surface area contributed by atoms with Crippen molar-refractivity contribution >= 4 is 23.2 Å². The molecule has 0 unspecified atom stereocenters. The third kappa shape index (κ3) is 5.92. The number of nitrogens with one attached hydrogen (secondary N) is 1. The standard InChI is InChI=1S/C27H34FN3O2/c1-19-9-13-30(14-10-19)25-8-7-23(29-26(32)17-21-3-5-22(28)6-4-21)18-24(25)27(33)31-15-11-20(2)12-16-31/h3-8,18-20H,9-17H2,1-2H3,(H,29,32). The molecular formula is C27H34FN3O2. The molecule has 0 aliphatic carbocycles. The molecule has 0 bridgehead atoms. The first kappa shape index (κ1) is 23.3. The lowest BCUT2D eigenvalue weighted by Crippen LogP contribution is -2.40. The number of hydrogen-bond acceptors (Lipinski definition) is 3. The third-order valence-corrected chi connectivity index (χ3v) is 6.98. The number of likely N-dealkylation sites (tertiary alicyclic amines) is 1. The van der Waals surface area contributed by atoms with E-state index in [9.17, 15) is 14.0 Å². The summed E-state index contributed by atoms with van der Waals surface area (Å²) in [5.41, 5.74) is 2.98. The second kappa shape index (κ2) is 10.4. The fraction of sp³-hybridized carbons (Fsp3) is 0.481. The minimum Gasteiger partial charge on any atom is -0.371 e. The highest BCUT2D eigenvalue weighted by molar-refractivity contribution is 6.02. The van der Waals surface area contributed by atoms with Crippen molar-refractivity contribution in [1.29, 1.82) is 0 Å². The molecule has 2 heterocycles. The Labute approximate surface area is 196 Å². The van der Waals surface area contributed by atoms with Gasteiger partial charge in [0.25, 0.3) is 5.91 Å². The summed E-state index contributed by atoms with van der Waals surface area (Å²) in [5.74, 6) is 0.886. The van der Waals surface area contributed by atoms with Crippen LogP contribution in [0, 0.1) is 17.7 Å². The van der Waals surface area contributed by atoms with E-state index in [1.807, 2.05) is 23.1 Å². The Morgan fingerprint density at radius 1 is 0.909 bits per heavy atom. The summed E-state index contributed by atoms with van der Waals surface area (Å²) in [6.45, 7) is 7.94. The summed E-state index contributed by atoms with van der Waals surface area (Å²) in [6.07, 6.45) is 4.43. The summed E-state index contributed by atoms with van der Waals surface area (Å²) in [5, 5.41) is 2.93. The lowest BCUT2D eigenvalue weighted by atomic mass is 9.96. The number of hydrogen-bond donors (Lipinski definition) is 1. The molecule has 4 rings (SSSR count). The van der Waals surface area contributed by atoms with E-state index in [1.165, 1.54) is 12.1 Å². The first-order valence-electron chi connectivity index (χ1n) is 12.1. The summed E-state index contributed by atoms with van der Waals surface area (Å²) >= 11 is 0. The fourth-order valence-electron chi connectivity index (χ4n) is 4.69. The van der Waals surface area contributed by atoms with Crippen molar-refractivity contribution in [3.8, 4) is 0 Å². The van der Waals surface area contributed by atoms with Gasteiger partial charge in [0.2, 0.25) is 5.91 Å². The predicted molar refractivity (Wildman–Crippen MR) is 130 cm³/mol. The predicted octanol–water partition coefficient (Wildman–Crippen LogP) is 5.12. The van der Waals surface area contributed by atoms with Crippen LogP contribution in [0.3, 0.4) is 0 Å². The van der Waals surface area contributed by atoms with Gasteiger partial charge in [-0.2, -0.15) is 0 Å². The van der Waals surface area contributed by atoms with Gasteiger partial charge in [0.15, 0.2) is 0 Å². The van der Waals surface area contributed by atoms with Crippen LogP contribution in [0.4, 0.5) is 15.8 Å². The zero-order valence-electron chi connectivity index (χ0n) is 19.6. The zero-order chi connectivity index (χ0) is 23.4. The molecule has 6 heteroatoms. The molecule has 2 amide bonds. The molecule has 2 aromatic rings. The highest BCUT2D eigenvalue weighted by atomic mass is 19.1. The van der Waals surface area contributed by atoms with Crippen LogP contribution in [0.1, 0.15) is 55.5 Å². The van der Waals surface area contributed by atoms with Crippen LogP contribution < -0.4 is 10.2 Å². The number of carbonyl (C=O) groups is 2. The van der Waals surface area contributed by atoms with Crippen molar-refractivity contribution in [2.75, 3.05) is 36.4 Å². The summed E-state index contributed by atoms with van der Waals surface area (Å²) in [7, 11) is 0. The van der Waals surface area contributed by atoms with Crippen molar-refractivity contribution in [2.24, 2.45) is 11.8 Å². The first-order valence-corrected chi connectivity index (χ1v) is 12.1. The lowest BCUT2D eigenvalue weighted by molar-refractivity contribution is -0.115. The van der Waals surface area contributed by atoms with Crippen molar-refractivity contribution in [1.82, 2.24) is 4.90 Å². The van der Waals surface area contributed by atoms with Gasteiger partial charge >= 0.3 is 0 Å². The molecule has 5 nitrogen and oxygen atoms in total. The SMILES string of the molecule is CC1CCN(C(=O)c2cc(NC(=O)Cc3ccc(F)cc3)ccc2N2CCC(C)CC2)CC1. The second-order valence-corrected chi connectivity index (χ2v) is 9.73. The monoisotopic (exact) mass is 451 g/mol. The molecule has 2 saturated heterocycles. The van der Waals surface area contributed by atoms with Gasteiger partial charge in [0.1, 0.15) is 5.82 Å². The smallest absolute Gasteiger partial charge is 0.256 e. The van der Waals surface area contributed by atoms with Gasteiger partial charge in [-0.3, -0.25) is 9.59 Å². The highest BCUT2D eigenvalue weighted by Crippen LogP contribution is 2.31. The van der Waals surface area contributed by atoms with Crippen molar-refractivity contribution in [3.63, 3.8) is 0 Å². The Morgan fingerprint density at radius 3 is 2.15 bits per heavy atom. The highest BCUT2D eigenvalue weighted by Gasteiger charge is 2.27. The molecule has 2 aliphatic heterocycles. The Hall–Kier alpha value is -2.89. The van der Waals surface area contributed by atoms with Crippen molar-refractivity contribution in [3.05, 3.63) is 59.4 Å². The summed E-state index contributed by atoms with van der Waals surface area (Å²) in [4.78, 5) is 30.4. The van der Waals surface area contributed by atoms with Crippen molar-refractivity contribution in [2.45, 2.75) is 46.0 Å². The number of halogens is 1. The van der Waals surface area contributed by atoms with E-state index in [0.717, 1.165) is 63.1 Å². The van der Waals surface area contributed by atoms with Gasteiger partial charge < -0.3 is 15.1 Å². The molecular weight excluding hydrogens is 417 g/mol. The molecule has 0 atom stereocenters. The van der Waals surface area contributed by atoms with E-state index in [2.05, 4.69) is 24.1 Å². The maximum absolute atomic E-state index is 13.5. The van der Waals surface area contributed by atoms with E-state index < -0.39 is 0 Å². The van der Waals surface area contributed by atoms with E-state index in [1.54, 1.807) is 12.1 Å². The Morgan fingerprint density at radius 2 is 1.52 bits per heavy atom. The molecule has 2 fully saturated rings. The Bertz CT molecular complexity index is 975. The summed E-state index contributed by atoms with van der Waals surface area (Å²) < 4.78 is 13.1. The number of piperidine rings is 2.